The minimum atomic E-state index is 0.365. The highest BCUT2D eigenvalue weighted by molar-refractivity contribution is 6.04. The number of aryl methyl sites for hydroxylation is 1. The lowest BCUT2D eigenvalue weighted by atomic mass is 10.2. The molecule has 2 aromatic heterocycles. The topological polar surface area (TPSA) is 77.2 Å². The Balaban J connectivity index is 1.53. The van der Waals surface area contributed by atoms with Gasteiger partial charge in [0.2, 0.25) is 0 Å². The van der Waals surface area contributed by atoms with E-state index in [1.807, 2.05) is 42.5 Å². The largest absolute Gasteiger partial charge is 0.494 e. The van der Waals surface area contributed by atoms with E-state index < -0.39 is 0 Å². The Labute approximate surface area is 163 Å². The second-order valence-corrected chi connectivity index (χ2v) is 6.36. The number of rotatable bonds is 7. The van der Waals surface area contributed by atoms with E-state index in [1.54, 1.807) is 6.21 Å². The van der Waals surface area contributed by atoms with Crippen LogP contribution in [0.3, 0.4) is 0 Å². The third-order valence-corrected chi connectivity index (χ3v) is 4.42. The highest BCUT2D eigenvalue weighted by atomic mass is 16.5. The number of anilines is 1. The van der Waals surface area contributed by atoms with Crippen LogP contribution in [0.4, 0.5) is 5.95 Å². The fraction of sp³-hybridized carbons (Fsp3) is 0.238. The molecule has 0 unspecified atom stereocenters. The van der Waals surface area contributed by atoms with Crippen molar-refractivity contribution in [3.8, 4) is 5.75 Å². The second-order valence-electron chi connectivity index (χ2n) is 6.36. The van der Waals surface area contributed by atoms with Crippen LogP contribution in [0.25, 0.3) is 22.1 Å². The highest BCUT2D eigenvalue weighted by Gasteiger charge is 2.13. The van der Waals surface area contributed by atoms with Crippen LogP contribution >= 0.6 is 0 Å². The van der Waals surface area contributed by atoms with Gasteiger partial charge in [-0.3, -0.25) is 0 Å². The molecule has 0 radical (unpaired) electrons. The number of benzene rings is 2. The molecule has 2 heterocycles. The van der Waals surface area contributed by atoms with Gasteiger partial charge in [-0.1, -0.05) is 25.1 Å². The normalized spacial score (nSPS) is 11.5. The molecule has 4 rings (SSSR count). The Hall–Kier alpha value is -3.48. The maximum atomic E-state index is 5.58. The molecule has 2 aromatic carbocycles. The number of hydrogen-bond acceptors (Lipinski definition) is 6. The predicted molar refractivity (Wildman–Crippen MR) is 112 cm³/mol. The first-order valence-electron chi connectivity index (χ1n) is 9.43. The average Bonchev–Trinajstić information content (AvgIpc) is 3.06. The van der Waals surface area contributed by atoms with Gasteiger partial charge in [0.25, 0.3) is 5.95 Å². The molecule has 0 amide bonds. The summed E-state index contributed by atoms with van der Waals surface area (Å²) in [6.45, 7) is 5.70. The number of hydrazone groups is 1. The second kappa shape index (κ2) is 8.04. The average molecular weight is 374 g/mol. The first-order valence-corrected chi connectivity index (χ1v) is 9.43. The van der Waals surface area contributed by atoms with Gasteiger partial charge in [-0.25, -0.2) is 5.43 Å². The lowest BCUT2D eigenvalue weighted by molar-refractivity contribution is 0.317. The lowest BCUT2D eigenvalue weighted by Gasteiger charge is -2.04. The summed E-state index contributed by atoms with van der Waals surface area (Å²) in [6, 6.07) is 15.9. The van der Waals surface area contributed by atoms with Gasteiger partial charge >= 0.3 is 0 Å². The molecule has 7 heteroatoms. The molecule has 0 saturated carbocycles. The SMILES string of the molecule is CCCOc1ccc(/C=N/Nc2nnc3c4ccccc4n(CC)c3n2)cc1. The van der Waals surface area contributed by atoms with Crippen molar-refractivity contribution in [2.24, 2.45) is 5.10 Å². The molecule has 0 saturated heterocycles. The fourth-order valence-corrected chi connectivity index (χ4v) is 3.11. The highest BCUT2D eigenvalue weighted by Crippen LogP contribution is 2.26. The van der Waals surface area contributed by atoms with Crippen molar-refractivity contribution >= 4 is 34.2 Å². The molecule has 7 nitrogen and oxygen atoms in total. The predicted octanol–water partition coefficient (Wildman–Crippen LogP) is 4.23. The van der Waals surface area contributed by atoms with Crippen LogP contribution in [0, 0.1) is 0 Å². The van der Waals surface area contributed by atoms with Gasteiger partial charge in [0.15, 0.2) is 5.65 Å². The van der Waals surface area contributed by atoms with Gasteiger partial charge in [-0.2, -0.15) is 10.1 Å². The summed E-state index contributed by atoms with van der Waals surface area (Å²) in [5.41, 5.74) is 6.53. The molecule has 0 spiro atoms. The summed E-state index contributed by atoms with van der Waals surface area (Å²) in [4.78, 5) is 4.61. The van der Waals surface area contributed by atoms with Crippen molar-refractivity contribution in [2.45, 2.75) is 26.8 Å². The monoisotopic (exact) mass is 374 g/mol. The number of nitrogens with zero attached hydrogens (tertiary/aromatic N) is 5. The smallest absolute Gasteiger partial charge is 0.265 e. The molecular formula is C21H22N6O. The maximum Gasteiger partial charge on any atom is 0.265 e. The molecule has 0 fully saturated rings. The van der Waals surface area contributed by atoms with Gasteiger partial charge in [-0.15, -0.1) is 10.2 Å². The Kier molecular flexibility index (Phi) is 5.14. The fourth-order valence-electron chi connectivity index (χ4n) is 3.11. The minimum absolute atomic E-state index is 0.365. The Bertz CT molecular complexity index is 1120. The van der Waals surface area contributed by atoms with Crippen molar-refractivity contribution in [3.63, 3.8) is 0 Å². The van der Waals surface area contributed by atoms with Crippen LogP contribution in [0.2, 0.25) is 0 Å². The van der Waals surface area contributed by atoms with Gasteiger partial charge in [-0.05, 0) is 49.2 Å². The summed E-state index contributed by atoms with van der Waals surface area (Å²) >= 11 is 0. The van der Waals surface area contributed by atoms with Crippen LogP contribution in [0.15, 0.2) is 53.6 Å². The van der Waals surface area contributed by atoms with E-state index in [0.29, 0.717) is 5.95 Å². The standard InChI is InChI=1S/C21H22N6O/c1-3-13-28-16-11-9-15(10-12-16)14-22-25-21-23-20-19(24-26-21)17-7-5-6-8-18(17)27(20)4-2/h5-12,14H,3-4,13H2,1-2H3,(H,23,25,26)/b22-14+. The van der Waals surface area contributed by atoms with Crippen molar-refractivity contribution < 1.29 is 4.74 Å². The van der Waals surface area contributed by atoms with Crippen LogP contribution in [0.5, 0.6) is 5.75 Å². The van der Waals surface area contributed by atoms with Gasteiger partial charge in [0.1, 0.15) is 11.3 Å². The van der Waals surface area contributed by atoms with Crippen LogP contribution in [-0.2, 0) is 6.54 Å². The van der Waals surface area contributed by atoms with Gasteiger partial charge in [0, 0.05) is 11.9 Å². The summed E-state index contributed by atoms with van der Waals surface area (Å²) in [5.74, 6) is 1.22. The minimum Gasteiger partial charge on any atom is -0.494 e. The van der Waals surface area contributed by atoms with Crippen LogP contribution in [0.1, 0.15) is 25.8 Å². The van der Waals surface area contributed by atoms with E-state index in [4.69, 9.17) is 4.74 Å². The Morgan fingerprint density at radius 1 is 1.07 bits per heavy atom. The molecule has 142 valence electrons. The van der Waals surface area contributed by atoms with E-state index in [9.17, 15) is 0 Å². The molecule has 0 aliphatic carbocycles. The molecule has 1 N–H and O–H groups in total. The zero-order valence-electron chi connectivity index (χ0n) is 16.0. The maximum absolute atomic E-state index is 5.58. The number of nitrogens with one attached hydrogen (secondary N) is 1. The van der Waals surface area contributed by atoms with E-state index in [0.717, 1.165) is 53.0 Å². The van der Waals surface area contributed by atoms with E-state index in [1.165, 1.54) is 0 Å². The van der Waals surface area contributed by atoms with Crippen molar-refractivity contribution in [1.82, 2.24) is 19.7 Å². The molecule has 0 atom stereocenters. The number of hydrogen-bond donors (Lipinski definition) is 1. The van der Waals surface area contributed by atoms with E-state index in [2.05, 4.69) is 50.2 Å². The third-order valence-electron chi connectivity index (χ3n) is 4.42. The number of ether oxygens (including phenoxy) is 1. The molecular weight excluding hydrogens is 352 g/mol. The van der Waals surface area contributed by atoms with Crippen LogP contribution < -0.4 is 10.2 Å². The third kappa shape index (κ3) is 3.51. The summed E-state index contributed by atoms with van der Waals surface area (Å²) in [6.07, 6.45) is 2.70. The summed E-state index contributed by atoms with van der Waals surface area (Å²) < 4.78 is 7.71. The van der Waals surface area contributed by atoms with Crippen LogP contribution in [-0.4, -0.2) is 32.6 Å². The number of fused-ring (bicyclic) bond motifs is 3. The first kappa shape index (κ1) is 17.9. The Morgan fingerprint density at radius 2 is 1.89 bits per heavy atom. The molecule has 4 aromatic rings. The zero-order chi connectivity index (χ0) is 19.3. The van der Waals surface area contributed by atoms with Gasteiger partial charge in [0.05, 0.1) is 18.3 Å². The quantitative estimate of drug-likeness (QED) is 0.387. The van der Waals surface area contributed by atoms with E-state index in [-0.39, 0.29) is 0 Å². The summed E-state index contributed by atoms with van der Waals surface area (Å²) in [7, 11) is 0. The van der Waals surface area contributed by atoms with Gasteiger partial charge < -0.3 is 9.30 Å². The lowest BCUT2D eigenvalue weighted by Crippen LogP contribution is -2.02. The first-order chi connectivity index (χ1) is 13.8. The van der Waals surface area contributed by atoms with Crippen molar-refractivity contribution in [2.75, 3.05) is 12.0 Å². The molecule has 0 bridgehead atoms. The van der Waals surface area contributed by atoms with Crippen molar-refractivity contribution in [1.29, 1.82) is 0 Å². The zero-order valence-corrected chi connectivity index (χ0v) is 16.0. The Morgan fingerprint density at radius 3 is 2.68 bits per heavy atom. The molecule has 28 heavy (non-hydrogen) atoms. The number of aromatic nitrogens is 4. The number of para-hydroxylation sites is 1. The van der Waals surface area contributed by atoms with E-state index >= 15 is 0 Å². The molecule has 0 aliphatic heterocycles. The van der Waals surface area contributed by atoms with Crippen molar-refractivity contribution in [3.05, 3.63) is 54.1 Å². The summed E-state index contributed by atoms with van der Waals surface area (Å²) in [5, 5.41) is 13.8. The molecule has 0 aliphatic rings.